The predicted molar refractivity (Wildman–Crippen MR) is 73.2 cm³/mol. The summed E-state index contributed by atoms with van der Waals surface area (Å²) in [5, 5.41) is 8.75. The van der Waals surface area contributed by atoms with E-state index in [1.807, 2.05) is 0 Å². The maximum Gasteiger partial charge on any atom is 0.234 e. The lowest BCUT2D eigenvalue weighted by atomic mass is 9.81. The van der Waals surface area contributed by atoms with Crippen LogP contribution in [-0.4, -0.2) is 47.9 Å². The van der Waals surface area contributed by atoms with E-state index in [9.17, 15) is 0 Å². The minimum atomic E-state index is -0.0299. The second-order valence-electron chi connectivity index (χ2n) is 5.43. The molecule has 19 heavy (non-hydrogen) atoms. The first-order chi connectivity index (χ1) is 9.09. The molecule has 2 atom stereocenters. The van der Waals surface area contributed by atoms with Crippen LogP contribution in [0.1, 0.15) is 13.8 Å². The Morgan fingerprint density at radius 2 is 2.37 bits per heavy atom. The quantitative estimate of drug-likeness (QED) is 0.795. The molecule has 1 aromatic rings. The van der Waals surface area contributed by atoms with Crippen molar-refractivity contribution in [1.29, 1.82) is 0 Å². The van der Waals surface area contributed by atoms with E-state index in [0.29, 0.717) is 18.3 Å². The van der Waals surface area contributed by atoms with E-state index in [1.54, 1.807) is 12.4 Å². The number of aliphatic hydroxyl groups excluding tert-OH is 1. The number of hydrogen-bond acceptors (Lipinski definition) is 6. The molecule has 106 valence electrons. The molecule has 0 radical (unpaired) electrons. The van der Waals surface area contributed by atoms with Gasteiger partial charge in [-0.05, 0) is 12.5 Å². The summed E-state index contributed by atoms with van der Waals surface area (Å²) in [4.78, 5) is 10.7. The Morgan fingerprint density at radius 3 is 3.00 bits per heavy atom. The molecule has 1 aromatic heterocycles. The smallest absolute Gasteiger partial charge is 0.234 e. The fourth-order valence-electron chi connectivity index (χ4n) is 2.36. The first kappa shape index (κ1) is 14.0. The summed E-state index contributed by atoms with van der Waals surface area (Å²) in [7, 11) is 0. The van der Waals surface area contributed by atoms with Crippen molar-refractivity contribution >= 4 is 5.82 Å². The zero-order valence-corrected chi connectivity index (χ0v) is 11.5. The highest BCUT2D eigenvalue weighted by Gasteiger charge is 2.39. The number of anilines is 1. The van der Waals surface area contributed by atoms with Crippen LogP contribution in [-0.2, 0) is 0 Å². The van der Waals surface area contributed by atoms with Crippen LogP contribution >= 0.6 is 0 Å². The Hall–Kier alpha value is -1.40. The summed E-state index contributed by atoms with van der Waals surface area (Å²) in [6.45, 7) is 7.09. The highest BCUT2D eigenvalue weighted by Crippen LogP contribution is 2.36. The van der Waals surface area contributed by atoms with Crippen molar-refractivity contribution in [1.82, 2.24) is 9.97 Å². The molecule has 1 aliphatic rings. The van der Waals surface area contributed by atoms with Crippen LogP contribution < -0.4 is 15.4 Å². The fourth-order valence-corrected chi connectivity index (χ4v) is 2.36. The lowest BCUT2D eigenvalue weighted by Gasteiger charge is -2.26. The molecular weight excluding hydrogens is 244 g/mol. The first-order valence-corrected chi connectivity index (χ1v) is 6.60. The Kier molecular flexibility index (Phi) is 4.21. The normalized spacial score (nSPS) is 26.7. The van der Waals surface area contributed by atoms with Gasteiger partial charge in [0.2, 0.25) is 5.88 Å². The molecule has 2 heterocycles. The number of ether oxygens (including phenoxy) is 1. The average molecular weight is 266 g/mol. The summed E-state index contributed by atoms with van der Waals surface area (Å²) >= 11 is 0. The van der Waals surface area contributed by atoms with Gasteiger partial charge in [-0.3, -0.25) is 4.98 Å². The third-order valence-corrected chi connectivity index (χ3v) is 3.97. The van der Waals surface area contributed by atoms with Gasteiger partial charge in [0.1, 0.15) is 6.61 Å². The topological polar surface area (TPSA) is 84.5 Å². The van der Waals surface area contributed by atoms with Crippen molar-refractivity contribution in [2.45, 2.75) is 13.8 Å². The van der Waals surface area contributed by atoms with Gasteiger partial charge in [0.15, 0.2) is 5.82 Å². The van der Waals surface area contributed by atoms with Gasteiger partial charge in [0.05, 0.1) is 19.0 Å². The SMILES string of the molecule is C[C@@H]1CN(c2cncc(OCCO)n2)C[C@@]1(C)CN. The van der Waals surface area contributed by atoms with Crippen molar-refractivity contribution in [3.8, 4) is 5.88 Å². The molecule has 1 fully saturated rings. The summed E-state index contributed by atoms with van der Waals surface area (Å²) in [5.41, 5.74) is 5.99. The van der Waals surface area contributed by atoms with Crippen molar-refractivity contribution < 1.29 is 9.84 Å². The molecule has 6 nitrogen and oxygen atoms in total. The molecule has 0 spiro atoms. The minimum absolute atomic E-state index is 0.0299. The zero-order valence-electron chi connectivity index (χ0n) is 11.5. The number of hydrogen-bond donors (Lipinski definition) is 2. The van der Waals surface area contributed by atoms with Gasteiger partial charge in [0.25, 0.3) is 0 Å². The van der Waals surface area contributed by atoms with Crippen molar-refractivity contribution in [2.75, 3.05) is 37.7 Å². The van der Waals surface area contributed by atoms with Crippen LogP contribution in [0.4, 0.5) is 5.82 Å². The van der Waals surface area contributed by atoms with Crippen LogP contribution in [0.5, 0.6) is 5.88 Å². The Labute approximate surface area is 113 Å². The largest absolute Gasteiger partial charge is 0.474 e. The standard InChI is InChI=1S/C13H22N4O2/c1-10-7-17(9-13(10,2)8-14)11-5-15-6-12(16-11)19-4-3-18/h5-6,10,18H,3-4,7-9,14H2,1-2H3/t10-,13-/m1/s1. The Balaban J connectivity index is 2.10. The van der Waals surface area contributed by atoms with Gasteiger partial charge in [-0.25, -0.2) is 0 Å². The molecular formula is C13H22N4O2. The van der Waals surface area contributed by atoms with Crippen LogP contribution in [0.3, 0.4) is 0 Å². The van der Waals surface area contributed by atoms with E-state index in [0.717, 1.165) is 18.9 Å². The van der Waals surface area contributed by atoms with Gasteiger partial charge in [-0.1, -0.05) is 13.8 Å². The molecule has 0 saturated carbocycles. The number of nitrogens with two attached hydrogens (primary N) is 1. The van der Waals surface area contributed by atoms with E-state index >= 15 is 0 Å². The fraction of sp³-hybridized carbons (Fsp3) is 0.692. The number of rotatable bonds is 5. The summed E-state index contributed by atoms with van der Waals surface area (Å²) < 4.78 is 5.29. The predicted octanol–water partition coefficient (Wildman–Crippen LogP) is 0.269. The molecule has 0 unspecified atom stereocenters. The molecule has 0 bridgehead atoms. The third-order valence-electron chi connectivity index (χ3n) is 3.97. The molecule has 6 heteroatoms. The van der Waals surface area contributed by atoms with Crippen LogP contribution in [0.15, 0.2) is 12.4 Å². The van der Waals surface area contributed by atoms with Crippen LogP contribution in [0, 0.1) is 11.3 Å². The molecule has 0 aliphatic carbocycles. The van der Waals surface area contributed by atoms with Crippen molar-refractivity contribution in [2.24, 2.45) is 17.1 Å². The van der Waals surface area contributed by atoms with E-state index in [2.05, 4.69) is 28.7 Å². The van der Waals surface area contributed by atoms with E-state index in [1.165, 1.54) is 0 Å². The average Bonchev–Trinajstić information content (AvgIpc) is 2.74. The molecule has 2 rings (SSSR count). The lowest BCUT2D eigenvalue weighted by Crippen LogP contribution is -2.34. The molecule has 1 saturated heterocycles. The maximum atomic E-state index is 8.75. The van der Waals surface area contributed by atoms with E-state index < -0.39 is 0 Å². The summed E-state index contributed by atoms with van der Waals surface area (Å²) in [6, 6.07) is 0. The number of aromatic nitrogens is 2. The molecule has 1 aliphatic heterocycles. The Morgan fingerprint density at radius 1 is 1.58 bits per heavy atom. The second kappa shape index (κ2) is 5.71. The Bertz CT molecular complexity index is 429. The third kappa shape index (κ3) is 2.96. The van der Waals surface area contributed by atoms with Crippen molar-refractivity contribution in [3.05, 3.63) is 12.4 Å². The second-order valence-corrected chi connectivity index (χ2v) is 5.43. The highest BCUT2D eigenvalue weighted by atomic mass is 16.5. The van der Waals surface area contributed by atoms with Gasteiger partial charge < -0.3 is 20.5 Å². The van der Waals surface area contributed by atoms with Gasteiger partial charge >= 0.3 is 0 Å². The van der Waals surface area contributed by atoms with Crippen LogP contribution in [0.25, 0.3) is 0 Å². The highest BCUT2D eigenvalue weighted by molar-refractivity contribution is 5.40. The summed E-state index contributed by atoms with van der Waals surface area (Å²) in [6.07, 6.45) is 3.29. The minimum Gasteiger partial charge on any atom is -0.474 e. The molecule has 3 N–H and O–H groups in total. The first-order valence-electron chi connectivity index (χ1n) is 6.60. The number of nitrogens with zero attached hydrogens (tertiary/aromatic N) is 3. The number of aliphatic hydroxyl groups is 1. The maximum absolute atomic E-state index is 8.75. The lowest BCUT2D eigenvalue weighted by molar-refractivity contribution is 0.196. The van der Waals surface area contributed by atoms with Crippen LogP contribution in [0.2, 0.25) is 0 Å². The van der Waals surface area contributed by atoms with E-state index in [4.69, 9.17) is 15.6 Å². The zero-order chi connectivity index (χ0) is 13.9. The van der Waals surface area contributed by atoms with Gasteiger partial charge in [-0.15, -0.1) is 0 Å². The van der Waals surface area contributed by atoms with Gasteiger partial charge in [-0.2, -0.15) is 4.98 Å². The van der Waals surface area contributed by atoms with Crippen molar-refractivity contribution in [3.63, 3.8) is 0 Å². The molecule has 0 aromatic carbocycles. The molecule has 0 amide bonds. The van der Waals surface area contributed by atoms with Gasteiger partial charge in [0, 0.05) is 18.5 Å². The summed E-state index contributed by atoms with van der Waals surface area (Å²) in [5.74, 6) is 1.77. The van der Waals surface area contributed by atoms with E-state index in [-0.39, 0.29) is 18.6 Å². The monoisotopic (exact) mass is 266 g/mol.